The zero-order valence-corrected chi connectivity index (χ0v) is 15.2. The van der Waals surface area contributed by atoms with Crippen molar-refractivity contribution in [2.24, 2.45) is 0 Å². The summed E-state index contributed by atoms with van der Waals surface area (Å²) in [5, 5.41) is 3.95. The fourth-order valence-electron chi connectivity index (χ4n) is 3.08. The number of anilines is 1. The van der Waals surface area contributed by atoms with Crippen molar-refractivity contribution < 1.29 is 9.53 Å². The van der Waals surface area contributed by atoms with Crippen LogP contribution in [0.2, 0.25) is 0 Å². The van der Waals surface area contributed by atoms with Gasteiger partial charge in [0.1, 0.15) is 17.3 Å². The van der Waals surface area contributed by atoms with Crippen molar-refractivity contribution in [3.05, 3.63) is 78.0 Å². The number of hydrogen-bond donors (Lipinski definition) is 2. The minimum Gasteiger partial charge on any atom is -0.497 e. The van der Waals surface area contributed by atoms with Crippen LogP contribution >= 0.6 is 0 Å². The first kappa shape index (κ1) is 16.9. The molecule has 2 aromatic heterocycles. The lowest BCUT2D eigenvalue weighted by Gasteiger charge is -2.12. The SMILES string of the molecule is COc1ccc2[nH]c(C(=O)Nc3ccccc3Cn3ccnc3C)cc2c1. The van der Waals surface area contributed by atoms with Gasteiger partial charge in [-0.15, -0.1) is 0 Å². The normalized spacial score (nSPS) is 10.9. The zero-order valence-electron chi connectivity index (χ0n) is 15.2. The van der Waals surface area contributed by atoms with E-state index in [2.05, 4.69) is 15.3 Å². The largest absolute Gasteiger partial charge is 0.497 e. The van der Waals surface area contributed by atoms with Crippen molar-refractivity contribution in [3.63, 3.8) is 0 Å². The van der Waals surface area contributed by atoms with E-state index in [9.17, 15) is 4.79 Å². The van der Waals surface area contributed by atoms with Crippen LogP contribution in [0.15, 0.2) is 60.9 Å². The number of para-hydroxylation sites is 1. The number of imidazole rings is 1. The summed E-state index contributed by atoms with van der Waals surface area (Å²) >= 11 is 0. The minimum absolute atomic E-state index is 0.181. The molecule has 0 aliphatic rings. The van der Waals surface area contributed by atoms with Gasteiger partial charge in [-0.2, -0.15) is 0 Å². The van der Waals surface area contributed by atoms with Crippen LogP contribution in [-0.4, -0.2) is 27.6 Å². The number of aromatic nitrogens is 3. The number of H-pyrrole nitrogens is 1. The number of benzene rings is 2. The highest BCUT2D eigenvalue weighted by molar-refractivity contribution is 6.06. The maximum Gasteiger partial charge on any atom is 0.272 e. The van der Waals surface area contributed by atoms with E-state index in [1.807, 2.05) is 66.2 Å². The molecule has 6 nitrogen and oxygen atoms in total. The lowest BCUT2D eigenvalue weighted by Crippen LogP contribution is -2.14. The average molecular weight is 360 g/mol. The Hall–Kier alpha value is -3.54. The maximum atomic E-state index is 12.8. The average Bonchev–Trinajstić information content (AvgIpc) is 3.29. The quantitative estimate of drug-likeness (QED) is 0.565. The summed E-state index contributed by atoms with van der Waals surface area (Å²) in [5.41, 5.74) is 3.20. The van der Waals surface area contributed by atoms with E-state index in [0.29, 0.717) is 12.2 Å². The number of fused-ring (bicyclic) bond motifs is 1. The number of methoxy groups -OCH3 is 1. The third kappa shape index (κ3) is 3.42. The Balaban J connectivity index is 1.59. The first-order valence-corrected chi connectivity index (χ1v) is 8.68. The van der Waals surface area contributed by atoms with Gasteiger partial charge in [-0.1, -0.05) is 18.2 Å². The van der Waals surface area contributed by atoms with Crippen LogP contribution in [0, 0.1) is 6.92 Å². The summed E-state index contributed by atoms with van der Waals surface area (Å²) in [6.07, 6.45) is 3.70. The summed E-state index contributed by atoms with van der Waals surface area (Å²) < 4.78 is 7.28. The monoisotopic (exact) mass is 360 g/mol. The van der Waals surface area contributed by atoms with Crippen molar-refractivity contribution in [1.82, 2.24) is 14.5 Å². The minimum atomic E-state index is -0.181. The molecule has 6 heteroatoms. The molecule has 0 saturated heterocycles. The molecule has 2 N–H and O–H groups in total. The van der Waals surface area contributed by atoms with Crippen LogP contribution in [0.5, 0.6) is 5.75 Å². The molecule has 1 amide bonds. The summed E-state index contributed by atoms with van der Waals surface area (Å²) in [6.45, 7) is 2.60. The molecule has 0 aliphatic carbocycles. The lowest BCUT2D eigenvalue weighted by molar-refractivity contribution is 0.102. The molecule has 0 aliphatic heterocycles. The van der Waals surface area contributed by atoms with Crippen molar-refractivity contribution in [2.45, 2.75) is 13.5 Å². The molecule has 136 valence electrons. The molecular weight excluding hydrogens is 340 g/mol. The summed E-state index contributed by atoms with van der Waals surface area (Å²) in [7, 11) is 1.63. The van der Waals surface area contributed by atoms with E-state index in [0.717, 1.165) is 33.7 Å². The van der Waals surface area contributed by atoms with Crippen LogP contribution in [0.25, 0.3) is 10.9 Å². The molecule has 0 fully saturated rings. The Kier molecular flexibility index (Phi) is 4.38. The van der Waals surface area contributed by atoms with Crippen molar-refractivity contribution in [3.8, 4) is 5.75 Å². The topological polar surface area (TPSA) is 71.9 Å². The predicted octanol–water partition coefficient (Wildman–Crippen LogP) is 3.98. The first-order chi connectivity index (χ1) is 13.1. The first-order valence-electron chi connectivity index (χ1n) is 8.68. The van der Waals surface area contributed by atoms with Crippen LogP contribution < -0.4 is 10.1 Å². The maximum absolute atomic E-state index is 12.8. The number of nitrogens with zero attached hydrogens (tertiary/aromatic N) is 2. The lowest BCUT2D eigenvalue weighted by atomic mass is 10.1. The second-order valence-corrected chi connectivity index (χ2v) is 6.35. The molecule has 27 heavy (non-hydrogen) atoms. The second kappa shape index (κ2) is 6.99. The molecule has 0 unspecified atom stereocenters. The van der Waals surface area contributed by atoms with E-state index in [1.165, 1.54) is 0 Å². The molecule has 0 radical (unpaired) electrons. The number of nitrogens with one attached hydrogen (secondary N) is 2. The highest BCUT2D eigenvalue weighted by Gasteiger charge is 2.13. The van der Waals surface area contributed by atoms with Crippen LogP contribution in [0.3, 0.4) is 0 Å². The molecular formula is C21H20N4O2. The van der Waals surface area contributed by atoms with Crippen molar-refractivity contribution >= 4 is 22.5 Å². The van der Waals surface area contributed by atoms with Gasteiger partial charge < -0.3 is 19.6 Å². The van der Waals surface area contributed by atoms with Gasteiger partial charge in [-0.05, 0) is 42.8 Å². The smallest absolute Gasteiger partial charge is 0.272 e. The number of aryl methyl sites for hydroxylation is 1. The van der Waals surface area contributed by atoms with Crippen molar-refractivity contribution in [2.75, 3.05) is 12.4 Å². The number of amides is 1. The predicted molar refractivity (Wildman–Crippen MR) is 105 cm³/mol. The Bertz CT molecular complexity index is 1110. The van der Waals surface area contributed by atoms with Gasteiger partial charge in [-0.3, -0.25) is 4.79 Å². The van der Waals surface area contributed by atoms with Gasteiger partial charge in [0.2, 0.25) is 0 Å². The van der Waals surface area contributed by atoms with E-state index >= 15 is 0 Å². The summed E-state index contributed by atoms with van der Waals surface area (Å²) in [5.74, 6) is 1.51. The van der Waals surface area contributed by atoms with E-state index in [4.69, 9.17) is 4.74 Å². The molecule has 2 aromatic carbocycles. The van der Waals surface area contributed by atoms with Gasteiger partial charge in [0.25, 0.3) is 5.91 Å². The zero-order chi connectivity index (χ0) is 18.8. The summed E-state index contributed by atoms with van der Waals surface area (Å²) in [4.78, 5) is 20.2. The Morgan fingerprint density at radius 1 is 1.22 bits per heavy atom. The Labute approximate surface area is 156 Å². The third-order valence-electron chi connectivity index (χ3n) is 4.60. The number of carbonyl (C=O) groups excluding carboxylic acids is 1. The fraction of sp³-hybridized carbons (Fsp3) is 0.143. The van der Waals surface area contributed by atoms with E-state index in [1.54, 1.807) is 13.3 Å². The highest BCUT2D eigenvalue weighted by atomic mass is 16.5. The molecule has 4 aromatic rings. The standard InChI is InChI=1S/C21H20N4O2/c1-14-22-9-10-25(14)13-15-5-3-4-6-18(15)24-21(26)20-12-16-11-17(27-2)7-8-19(16)23-20/h3-12,23H,13H2,1-2H3,(H,24,26). The third-order valence-corrected chi connectivity index (χ3v) is 4.60. The molecule has 0 saturated carbocycles. The Morgan fingerprint density at radius 2 is 2.07 bits per heavy atom. The van der Waals surface area contributed by atoms with Gasteiger partial charge in [0.15, 0.2) is 0 Å². The molecule has 4 rings (SSSR count). The van der Waals surface area contributed by atoms with Gasteiger partial charge in [-0.25, -0.2) is 4.98 Å². The van der Waals surface area contributed by atoms with Gasteiger partial charge >= 0.3 is 0 Å². The van der Waals surface area contributed by atoms with Gasteiger partial charge in [0, 0.05) is 29.0 Å². The van der Waals surface area contributed by atoms with Crippen LogP contribution in [0.1, 0.15) is 21.9 Å². The number of rotatable bonds is 5. The molecule has 0 bridgehead atoms. The summed E-state index contributed by atoms with van der Waals surface area (Å²) in [6, 6.07) is 15.3. The van der Waals surface area contributed by atoms with Gasteiger partial charge in [0.05, 0.1) is 13.7 Å². The highest BCUT2D eigenvalue weighted by Crippen LogP contribution is 2.23. The molecule has 0 atom stereocenters. The van der Waals surface area contributed by atoms with Crippen LogP contribution in [-0.2, 0) is 6.54 Å². The number of carbonyl (C=O) groups is 1. The van der Waals surface area contributed by atoms with E-state index in [-0.39, 0.29) is 5.91 Å². The molecule has 2 heterocycles. The number of aromatic amines is 1. The Morgan fingerprint density at radius 3 is 2.85 bits per heavy atom. The molecule has 0 spiro atoms. The van der Waals surface area contributed by atoms with E-state index < -0.39 is 0 Å². The second-order valence-electron chi connectivity index (χ2n) is 6.35. The number of ether oxygens (including phenoxy) is 1. The van der Waals surface area contributed by atoms with Crippen LogP contribution in [0.4, 0.5) is 5.69 Å². The fourth-order valence-corrected chi connectivity index (χ4v) is 3.08. The number of hydrogen-bond acceptors (Lipinski definition) is 3. The van der Waals surface area contributed by atoms with Crippen molar-refractivity contribution in [1.29, 1.82) is 0 Å².